The monoisotopic (exact) mass is 385 g/mol. The van der Waals surface area contributed by atoms with Crippen molar-refractivity contribution in [2.24, 2.45) is 11.3 Å². The summed E-state index contributed by atoms with van der Waals surface area (Å²) in [7, 11) is 0. The number of para-hydroxylation sites is 1. The van der Waals surface area contributed by atoms with E-state index in [2.05, 4.69) is 31.4 Å². The smallest absolute Gasteiger partial charge is 0.324 e. The Morgan fingerprint density at radius 3 is 2.64 bits per heavy atom. The van der Waals surface area contributed by atoms with E-state index in [-0.39, 0.29) is 23.8 Å². The largest absolute Gasteiger partial charge is 0.325 e. The van der Waals surface area contributed by atoms with Gasteiger partial charge in [0.2, 0.25) is 5.91 Å². The molecule has 1 aliphatic heterocycles. The van der Waals surface area contributed by atoms with Gasteiger partial charge in [-0.15, -0.1) is 0 Å². The fourth-order valence-electron chi connectivity index (χ4n) is 5.17. The number of rotatable bonds is 4. The molecule has 3 rings (SSSR count). The third-order valence-corrected chi connectivity index (χ3v) is 5.93. The Morgan fingerprint density at radius 1 is 1.29 bits per heavy atom. The van der Waals surface area contributed by atoms with Gasteiger partial charge in [0.15, 0.2) is 0 Å². The zero-order valence-electron chi connectivity index (χ0n) is 17.5. The van der Waals surface area contributed by atoms with Crippen LogP contribution in [0.5, 0.6) is 0 Å². The summed E-state index contributed by atoms with van der Waals surface area (Å²) in [4.78, 5) is 39.5. The molecule has 0 radical (unpaired) electrons. The normalized spacial score (nSPS) is 26.5. The molecule has 2 N–H and O–H groups in total. The second-order valence-corrected chi connectivity index (χ2v) is 9.27. The number of imide groups is 1. The summed E-state index contributed by atoms with van der Waals surface area (Å²) in [5.74, 6) is -0.290. The van der Waals surface area contributed by atoms with Crippen LogP contribution in [0.4, 0.5) is 10.5 Å². The highest BCUT2D eigenvalue weighted by atomic mass is 16.2. The van der Waals surface area contributed by atoms with Gasteiger partial charge in [0.1, 0.15) is 12.1 Å². The Labute approximate surface area is 167 Å². The van der Waals surface area contributed by atoms with Crippen molar-refractivity contribution in [1.29, 1.82) is 0 Å². The van der Waals surface area contributed by atoms with Crippen LogP contribution in [0.3, 0.4) is 0 Å². The maximum absolute atomic E-state index is 13.2. The van der Waals surface area contributed by atoms with Crippen LogP contribution < -0.4 is 10.6 Å². The third kappa shape index (κ3) is 3.77. The van der Waals surface area contributed by atoms with Gasteiger partial charge in [-0.1, -0.05) is 45.9 Å². The molecular formula is C22H31N3O3. The van der Waals surface area contributed by atoms with Gasteiger partial charge in [-0.3, -0.25) is 14.5 Å². The van der Waals surface area contributed by atoms with Gasteiger partial charge in [0.05, 0.1) is 0 Å². The van der Waals surface area contributed by atoms with E-state index in [0.717, 1.165) is 34.6 Å². The maximum Gasteiger partial charge on any atom is 0.325 e. The molecule has 1 aromatic carbocycles. The van der Waals surface area contributed by atoms with E-state index in [1.54, 1.807) is 0 Å². The molecule has 0 bridgehead atoms. The SMILES string of the molecule is CCc1cccc(C)c1NC(=O)CN1C(=O)N[C@@]2(C[C@@H](C)CC(C)(C)C2)C1=O. The molecule has 1 spiro atoms. The van der Waals surface area contributed by atoms with Crippen molar-refractivity contribution in [3.63, 3.8) is 0 Å². The van der Waals surface area contributed by atoms with E-state index >= 15 is 0 Å². The molecule has 0 unspecified atom stereocenters. The van der Waals surface area contributed by atoms with Crippen LogP contribution >= 0.6 is 0 Å². The molecule has 4 amide bonds. The highest BCUT2D eigenvalue weighted by Crippen LogP contribution is 2.46. The molecule has 2 atom stereocenters. The minimum atomic E-state index is -0.879. The second-order valence-electron chi connectivity index (χ2n) is 9.27. The molecule has 0 aromatic heterocycles. The van der Waals surface area contributed by atoms with Crippen molar-refractivity contribution >= 4 is 23.5 Å². The minimum absolute atomic E-state index is 0.0317. The lowest BCUT2D eigenvalue weighted by Gasteiger charge is -2.43. The predicted octanol–water partition coefficient (Wildman–Crippen LogP) is 3.63. The Bertz CT molecular complexity index is 817. The fourth-order valence-corrected chi connectivity index (χ4v) is 5.17. The van der Waals surface area contributed by atoms with Crippen molar-refractivity contribution in [1.82, 2.24) is 10.2 Å². The quantitative estimate of drug-likeness (QED) is 0.777. The highest BCUT2D eigenvalue weighted by molar-refractivity contribution is 6.10. The van der Waals surface area contributed by atoms with Crippen molar-refractivity contribution in [2.75, 3.05) is 11.9 Å². The van der Waals surface area contributed by atoms with Gasteiger partial charge in [0, 0.05) is 5.69 Å². The summed E-state index contributed by atoms with van der Waals surface area (Å²) in [6.07, 6.45) is 3.03. The molecule has 1 heterocycles. The lowest BCUT2D eigenvalue weighted by molar-refractivity contribution is -0.136. The lowest BCUT2D eigenvalue weighted by Crippen LogP contribution is -2.54. The number of nitrogens with one attached hydrogen (secondary N) is 2. The summed E-state index contributed by atoms with van der Waals surface area (Å²) >= 11 is 0. The van der Waals surface area contributed by atoms with Crippen molar-refractivity contribution in [2.45, 2.75) is 65.8 Å². The van der Waals surface area contributed by atoms with Gasteiger partial charge >= 0.3 is 6.03 Å². The van der Waals surface area contributed by atoms with Crippen LogP contribution in [0.15, 0.2) is 18.2 Å². The van der Waals surface area contributed by atoms with Gasteiger partial charge < -0.3 is 10.6 Å². The number of amides is 4. The molecule has 2 aliphatic rings. The average Bonchev–Trinajstić information content (AvgIpc) is 2.78. The van der Waals surface area contributed by atoms with E-state index in [0.29, 0.717) is 18.8 Å². The number of aryl methyl sites for hydroxylation is 2. The third-order valence-electron chi connectivity index (χ3n) is 5.93. The minimum Gasteiger partial charge on any atom is -0.324 e. The lowest BCUT2D eigenvalue weighted by atomic mass is 9.64. The van der Waals surface area contributed by atoms with E-state index in [9.17, 15) is 14.4 Å². The van der Waals surface area contributed by atoms with E-state index in [1.165, 1.54) is 0 Å². The zero-order valence-corrected chi connectivity index (χ0v) is 17.5. The van der Waals surface area contributed by atoms with Crippen molar-refractivity contribution < 1.29 is 14.4 Å². The summed E-state index contributed by atoms with van der Waals surface area (Å²) in [6.45, 7) is 10.1. The highest BCUT2D eigenvalue weighted by Gasteiger charge is 2.56. The van der Waals surface area contributed by atoms with Crippen molar-refractivity contribution in [3.05, 3.63) is 29.3 Å². The number of benzene rings is 1. The van der Waals surface area contributed by atoms with Crippen LogP contribution in [0.1, 0.15) is 58.1 Å². The first-order valence-electron chi connectivity index (χ1n) is 10.1. The molecule has 6 nitrogen and oxygen atoms in total. The molecular weight excluding hydrogens is 354 g/mol. The molecule has 2 fully saturated rings. The first-order chi connectivity index (χ1) is 13.1. The number of hydrogen-bond donors (Lipinski definition) is 2. The number of nitrogens with zero attached hydrogens (tertiary/aromatic N) is 1. The van der Waals surface area contributed by atoms with Crippen molar-refractivity contribution in [3.8, 4) is 0 Å². The van der Waals surface area contributed by atoms with Gasteiger partial charge in [-0.25, -0.2) is 4.79 Å². The standard InChI is InChI=1S/C22H31N3O3/c1-6-16-9-7-8-15(3)18(16)23-17(26)12-25-19(27)22(24-20(25)28)11-14(2)10-21(4,5)13-22/h7-9,14H,6,10-13H2,1-5H3,(H,23,26)(H,24,28)/t14-,22+/m0/s1. The first-order valence-corrected chi connectivity index (χ1v) is 10.1. The number of carbonyl (C=O) groups is 3. The second kappa shape index (κ2) is 7.22. The maximum atomic E-state index is 13.2. The molecule has 1 saturated carbocycles. The first kappa shape index (κ1) is 20.4. The van der Waals surface area contributed by atoms with Crippen LogP contribution in [0.25, 0.3) is 0 Å². The molecule has 28 heavy (non-hydrogen) atoms. The average molecular weight is 386 g/mol. The summed E-state index contributed by atoms with van der Waals surface area (Å²) < 4.78 is 0. The predicted molar refractivity (Wildman–Crippen MR) is 109 cm³/mol. The van der Waals surface area contributed by atoms with Gasteiger partial charge in [0.25, 0.3) is 5.91 Å². The molecule has 1 aliphatic carbocycles. The molecule has 6 heteroatoms. The van der Waals surface area contributed by atoms with Gasteiger partial charge in [-0.05, 0) is 55.1 Å². The molecule has 1 saturated heterocycles. The topological polar surface area (TPSA) is 78.5 Å². The number of carbonyl (C=O) groups excluding carboxylic acids is 3. The van der Waals surface area contributed by atoms with Crippen LogP contribution in [-0.2, 0) is 16.0 Å². The number of hydrogen-bond acceptors (Lipinski definition) is 3. The zero-order chi connectivity index (χ0) is 20.7. The summed E-state index contributed by atoms with van der Waals surface area (Å²) in [5.41, 5.74) is 1.85. The van der Waals surface area contributed by atoms with E-state index in [1.807, 2.05) is 32.0 Å². The van der Waals surface area contributed by atoms with Gasteiger partial charge in [-0.2, -0.15) is 0 Å². The summed E-state index contributed by atoms with van der Waals surface area (Å²) in [5, 5.41) is 5.82. The number of urea groups is 1. The molecule has 152 valence electrons. The fraction of sp³-hybridized carbons (Fsp3) is 0.591. The van der Waals surface area contributed by atoms with Crippen LogP contribution in [0, 0.1) is 18.3 Å². The summed E-state index contributed by atoms with van der Waals surface area (Å²) in [6, 6.07) is 5.39. The van der Waals surface area contributed by atoms with Crippen LogP contribution in [0.2, 0.25) is 0 Å². The van der Waals surface area contributed by atoms with E-state index in [4.69, 9.17) is 0 Å². The Kier molecular flexibility index (Phi) is 5.26. The Morgan fingerprint density at radius 2 is 2.00 bits per heavy atom. The molecule has 1 aromatic rings. The number of anilines is 1. The Balaban J connectivity index is 1.76. The Hall–Kier alpha value is -2.37. The van der Waals surface area contributed by atoms with Crippen LogP contribution in [-0.4, -0.2) is 34.8 Å². The van der Waals surface area contributed by atoms with E-state index < -0.39 is 11.6 Å².